The summed E-state index contributed by atoms with van der Waals surface area (Å²) in [6.45, 7) is 0. The quantitative estimate of drug-likeness (QED) is 0.441. The van der Waals surface area contributed by atoms with Crippen LogP contribution in [0, 0.1) is 0 Å². The fourth-order valence-electron chi connectivity index (χ4n) is 1.19. The van der Waals surface area contributed by atoms with E-state index in [-0.39, 0.29) is 52.8 Å². The van der Waals surface area contributed by atoms with Gasteiger partial charge in [-0.05, 0) is 24.3 Å². The number of carbonyl (C=O) groups excluding carboxylic acids is 1. The van der Waals surface area contributed by atoms with Gasteiger partial charge in [0.15, 0.2) is 0 Å². The Balaban J connectivity index is 0.00000144. The van der Waals surface area contributed by atoms with E-state index in [0.29, 0.717) is 11.5 Å². The summed E-state index contributed by atoms with van der Waals surface area (Å²) in [5.74, 6) is 0.923. The molecule has 0 aliphatic rings. The molecule has 0 saturated heterocycles. The molecule has 17 heavy (non-hydrogen) atoms. The molecule has 0 aliphatic heterocycles. The number of carbonyl (C=O) groups is 1. The maximum atomic E-state index is 11.3. The number of hydrogen-bond acceptors (Lipinski definition) is 3. The molecule has 0 radical (unpaired) electrons. The summed E-state index contributed by atoms with van der Waals surface area (Å²) in [6, 6.07) is 17.6. The number of benzene rings is 2. The van der Waals surface area contributed by atoms with Crippen molar-refractivity contribution in [3.05, 3.63) is 60.7 Å². The van der Waals surface area contributed by atoms with E-state index in [2.05, 4.69) is 0 Å². The molecule has 4 heteroatoms. The molecule has 82 valence electrons. The Morgan fingerprint density at radius 2 is 1.12 bits per heavy atom. The molecule has 0 fully saturated rings. The van der Waals surface area contributed by atoms with Gasteiger partial charge in [0.1, 0.15) is 11.5 Å². The summed E-state index contributed by atoms with van der Waals surface area (Å²) in [4.78, 5) is 11.3. The number of ether oxygens (including phenoxy) is 2. The van der Waals surface area contributed by atoms with Crippen LogP contribution in [0.2, 0.25) is 0 Å². The molecule has 0 aliphatic carbocycles. The van der Waals surface area contributed by atoms with E-state index in [1.54, 1.807) is 48.5 Å². The molecule has 2 rings (SSSR count). The van der Waals surface area contributed by atoms with Gasteiger partial charge in [-0.15, -0.1) is 0 Å². The number of rotatable bonds is 2. The van der Waals surface area contributed by atoms with E-state index in [0.717, 1.165) is 0 Å². The summed E-state index contributed by atoms with van der Waals surface area (Å²) in [7, 11) is 0. The SMILES string of the molecule is O=C(Oc1ccccc1)Oc1ccccc1.[H-].[K+]. The van der Waals surface area contributed by atoms with Gasteiger partial charge in [-0.3, -0.25) is 0 Å². The van der Waals surface area contributed by atoms with Gasteiger partial charge in [0, 0.05) is 0 Å². The zero-order valence-corrected chi connectivity index (χ0v) is 12.6. The minimum Gasteiger partial charge on any atom is -1.00 e. The standard InChI is InChI=1S/C13H10O3.K.H/c14-13(15-11-7-3-1-4-8-11)16-12-9-5-2-6-10-12;;/h1-10H;;/q;+1;-1. The van der Waals surface area contributed by atoms with Crippen molar-refractivity contribution in [2.75, 3.05) is 0 Å². The van der Waals surface area contributed by atoms with Gasteiger partial charge in [-0.25, -0.2) is 4.79 Å². The molecule has 0 atom stereocenters. The first kappa shape index (κ1) is 14.4. The molecule has 0 saturated carbocycles. The summed E-state index contributed by atoms with van der Waals surface area (Å²) < 4.78 is 9.91. The van der Waals surface area contributed by atoms with Crippen LogP contribution >= 0.6 is 0 Å². The van der Waals surface area contributed by atoms with Gasteiger partial charge in [0.25, 0.3) is 0 Å². The second-order valence-electron chi connectivity index (χ2n) is 3.08. The minimum atomic E-state index is -0.739. The van der Waals surface area contributed by atoms with Crippen LogP contribution in [-0.4, -0.2) is 6.16 Å². The van der Waals surface area contributed by atoms with Gasteiger partial charge < -0.3 is 10.9 Å². The molecular formula is C13H11KO3. The molecule has 0 N–H and O–H groups in total. The molecule has 3 nitrogen and oxygen atoms in total. The molecular weight excluding hydrogens is 243 g/mol. The fraction of sp³-hybridized carbons (Fsp3) is 0. The summed E-state index contributed by atoms with van der Waals surface area (Å²) in [6.07, 6.45) is -0.739. The van der Waals surface area contributed by atoms with Crippen molar-refractivity contribution in [2.45, 2.75) is 0 Å². The smallest absolute Gasteiger partial charge is 1.00 e. The van der Waals surface area contributed by atoms with Gasteiger partial charge in [0.2, 0.25) is 0 Å². The fourth-order valence-corrected chi connectivity index (χ4v) is 1.19. The second kappa shape index (κ2) is 7.63. The van der Waals surface area contributed by atoms with Crippen LogP contribution in [0.3, 0.4) is 0 Å². The first-order valence-corrected chi connectivity index (χ1v) is 4.84. The van der Waals surface area contributed by atoms with Gasteiger partial charge in [0.05, 0.1) is 0 Å². The molecule has 0 bridgehead atoms. The van der Waals surface area contributed by atoms with Crippen LogP contribution in [0.5, 0.6) is 11.5 Å². The van der Waals surface area contributed by atoms with Crippen molar-refractivity contribution in [3.63, 3.8) is 0 Å². The molecule has 0 spiro atoms. The largest absolute Gasteiger partial charge is 1.00 e. The van der Waals surface area contributed by atoms with E-state index in [4.69, 9.17) is 9.47 Å². The molecule has 2 aromatic carbocycles. The van der Waals surface area contributed by atoms with E-state index in [9.17, 15) is 4.79 Å². The van der Waals surface area contributed by atoms with Gasteiger partial charge in [-0.1, -0.05) is 36.4 Å². The molecule has 0 heterocycles. The van der Waals surface area contributed by atoms with Crippen LogP contribution in [-0.2, 0) is 0 Å². The predicted molar refractivity (Wildman–Crippen MR) is 60.6 cm³/mol. The third kappa shape index (κ3) is 5.02. The molecule has 0 aromatic heterocycles. The van der Waals surface area contributed by atoms with Crippen molar-refractivity contribution in [1.82, 2.24) is 0 Å². The summed E-state index contributed by atoms with van der Waals surface area (Å²) >= 11 is 0. The monoisotopic (exact) mass is 254 g/mol. The van der Waals surface area contributed by atoms with Crippen molar-refractivity contribution in [1.29, 1.82) is 0 Å². The Kier molecular flexibility index (Phi) is 6.47. The molecule has 0 amide bonds. The van der Waals surface area contributed by atoms with Gasteiger partial charge in [-0.2, -0.15) is 0 Å². The van der Waals surface area contributed by atoms with Crippen molar-refractivity contribution in [2.24, 2.45) is 0 Å². The maximum Gasteiger partial charge on any atom is 1.00 e. The second-order valence-corrected chi connectivity index (χ2v) is 3.08. The van der Waals surface area contributed by atoms with Crippen molar-refractivity contribution in [3.8, 4) is 11.5 Å². The van der Waals surface area contributed by atoms with Crippen LogP contribution in [0.25, 0.3) is 0 Å². The van der Waals surface area contributed by atoms with Crippen molar-refractivity contribution >= 4 is 6.16 Å². The van der Waals surface area contributed by atoms with E-state index in [1.165, 1.54) is 0 Å². The third-order valence-electron chi connectivity index (χ3n) is 1.89. The topological polar surface area (TPSA) is 35.5 Å². The molecule has 0 unspecified atom stereocenters. The van der Waals surface area contributed by atoms with E-state index >= 15 is 0 Å². The summed E-state index contributed by atoms with van der Waals surface area (Å²) in [5, 5.41) is 0. The normalized spacial score (nSPS) is 8.94. The Bertz CT molecular complexity index is 419. The third-order valence-corrected chi connectivity index (χ3v) is 1.89. The van der Waals surface area contributed by atoms with Crippen LogP contribution in [0.1, 0.15) is 1.43 Å². The Labute approximate surface area is 144 Å². The van der Waals surface area contributed by atoms with Crippen LogP contribution in [0.15, 0.2) is 60.7 Å². The minimum absolute atomic E-state index is 0. The first-order chi connectivity index (χ1) is 7.84. The first-order valence-electron chi connectivity index (χ1n) is 4.84. The van der Waals surface area contributed by atoms with Gasteiger partial charge >= 0.3 is 57.5 Å². The Morgan fingerprint density at radius 1 is 0.765 bits per heavy atom. The van der Waals surface area contributed by atoms with Crippen LogP contribution in [0.4, 0.5) is 4.79 Å². The predicted octanol–water partition coefficient (Wildman–Crippen LogP) is 0.381. The average molecular weight is 254 g/mol. The average Bonchev–Trinajstić information content (AvgIpc) is 2.31. The van der Waals surface area contributed by atoms with Crippen LogP contribution < -0.4 is 60.9 Å². The zero-order valence-electron chi connectivity index (χ0n) is 10.5. The maximum absolute atomic E-state index is 11.3. The van der Waals surface area contributed by atoms with Crippen molar-refractivity contribution < 1.29 is 67.1 Å². The van der Waals surface area contributed by atoms with E-state index < -0.39 is 6.16 Å². The molecule has 2 aromatic rings. The number of para-hydroxylation sites is 2. The number of hydrogen-bond donors (Lipinski definition) is 0. The van der Waals surface area contributed by atoms with E-state index in [1.807, 2.05) is 12.1 Å². The Morgan fingerprint density at radius 3 is 1.47 bits per heavy atom. The Hall–Kier alpha value is -0.654. The zero-order chi connectivity index (χ0) is 11.2. The summed E-state index contributed by atoms with van der Waals surface area (Å²) in [5.41, 5.74) is 0.